The van der Waals surface area contributed by atoms with Crippen LogP contribution in [0.25, 0.3) is 11.0 Å². The molecule has 0 aliphatic carbocycles. The van der Waals surface area contributed by atoms with Gasteiger partial charge in [0.1, 0.15) is 11.3 Å². The van der Waals surface area contributed by atoms with E-state index in [1.807, 2.05) is 24.3 Å². The molecule has 2 aromatic carbocycles. The normalized spacial score (nSPS) is 11.0. The van der Waals surface area contributed by atoms with Gasteiger partial charge in [0.25, 0.3) is 0 Å². The molecule has 0 aliphatic heterocycles. The molecule has 3 nitrogen and oxygen atoms in total. The fraction of sp³-hybridized carbons (Fsp3) is 0.0769. The number of rotatable bonds is 2. The summed E-state index contributed by atoms with van der Waals surface area (Å²) in [5.41, 5.74) is 2.07. The smallest absolute Gasteiger partial charge is 0.129 e. The van der Waals surface area contributed by atoms with Crippen molar-refractivity contribution in [1.82, 2.24) is 15.0 Å². The predicted molar refractivity (Wildman–Crippen MR) is 68.0 cm³/mol. The molecule has 1 heterocycles. The first-order valence-corrected chi connectivity index (χ1v) is 5.84. The van der Waals surface area contributed by atoms with E-state index in [4.69, 9.17) is 11.6 Å². The van der Waals surface area contributed by atoms with Gasteiger partial charge in [0.2, 0.25) is 0 Å². The molecule has 0 bridgehead atoms. The van der Waals surface area contributed by atoms with Crippen molar-refractivity contribution in [2.45, 2.75) is 6.54 Å². The number of hydrogen-bond donors (Lipinski definition) is 0. The highest BCUT2D eigenvalue weighted by Crippen LogP contribution is 2.21. The highest BCUT2D eigenvalue weighted by atomic mass is 35.5. The Kier molecular flexibility index (Phi) is 2.72. The second-order valence-corrected chi connectivity index (χ2v) is 4.34. The quantitative estimate of drug-likeness (QED) is 0.709. The van der Waals surface area contributed by atoms with Gasteiger partial charge in [-0.2, -0.15) is 0 Å². The number of hydrogen-bond acceptors (Lipinski definition) is 2. The van der Waals surface area contributed by atoms with Crippen LogP contribution in [0.3, 0.4) is 0 Å². The molecule has 0 saturated heterocycles. The van der Waals surface area contributed by atoms with Crippen LogP contribution in [0.1, 0.15) is 5.56 Å². The number of fused-ring (bicyclic) bond motifs is 1. The van der Waals surface area contributed by atoms with Gasteiger partial charge in [-0.1, -0.05) is 35.0 Å². The van der Waals surface area contributed by atoms with Gasteiger partial charge in [0.15, 0.2) is 0 Å². The number of halogens is 2. The number of nitrogens with zero attached hydrogens (tertiary/aromatic N) is 3. The molecule has 3 rings (SSSR count). The van der Waals surface area contributed by atoms with Gasteiger partial charge in [-0.25, -0.2) is 9.07 Å². The molecule has 3 aromatic rings. The summed E-state index contributed by atoms with van der Waals surface area (Å²) >= 11 is 6.00. The zero-order valence-corrected chi connectivity index (χ0v) is 10.1. The lowest BCUT2D eigenvalue weighted by Gasteiger charge is -2.06. The van der Waals surface area contributed by atoms with E-state index in [0.29, 0.717) is 10.6 Å². The summed E-state index contributed by atoms with van der Waals surface area (Å²) in [5.74, 6) is -0.331. The lowest BCUT2D eigenvalue weighted by Crippen LogP contribution is -2.04. The van der Waals surface area contributed by atoms with Crippen molar-refractivity contribution >= 4 is 22.6 Å². The summed E-state index contributed by atoms with van der Waals surface area (Å²) in [7, 11) is 0. The highest BCUT2D eigenvalue weighted by molar-refractivity contribution is 6.31. The first-order valence-electron chi connectivity index (χ1n) is 5.47. The predicted octanol–water partition coefficient (Wildman–Crippen LogP) is 3.27. The molecule has 0 atom stereocenters. The Morgan fingerprint density at radius 1 is 1.11 bits per heavy atom. The van der Waals surface area contributed by atoms with Gasteiger partial charge >= 0.3 is 0 Å². The van der Waals surface area contributed by atoms with Gasteiger partial charge < -0.3 is 0 Å². The van der Waals surface area contributed by atoms with E-state index in [9.17, 15) is 4.39 Å². The SMILES string of the molecule is Fc1cccc(Cl)c1Cn1nnc2ccccc21. The standard InChI is InChI=1S/C13H9ClFN3/c14-10-4-3-5-11(15)9(10)8-18-13-7-2-1-6-12(13)16-17-18/h1-7H,8H2. The summed E-state index contributed by atoms with van der Waals surface area (Å²) in [6.45, 7) is 0.270. The zero-order chi connectivity index (χ0) is 12.5. The first-order chi connectivity index (χ1) is 8.75. The Bertz CT molecular complexity index is 688. The van der Waals surface area contributed by atoms with E-state index in [2.05, 4.69) is 10.3 Å². The summed E-state index contributed by atoms with van der Waals surface area (Å²) in [4.78, 5) is 0. The molecule has 0 N–H and O–H groups in total. The van der Waals surface area contributed by atoms with Gasteiger partial charge in [0, 0.05) is 10.6 Å². The molecule has 18 heavy (non-hydrogen) atoms. The fourth-order valence-corrected chi connectivity index (χ4v) is 2.09. The average Bonchev–Trinajstić information content (AvgIpc) is 2.77. The van der Waals surface area contributed by atoms with E-state index >= 15 is 0 Å². The number of benzene rings is 2. The second-order valence-electron chi connectivity index (χ2n) is 3.94. The van der Waals surface area contributed by atoms with E-state index in [1.54, 1.807) is 16.8 Å². The molecule has 0 aliphatic rings. The zero-order valence-electron chi connectivity index (χ0n) is 9.35. The van der Waals surface area contributed by atoms with Crippen LogP contribution >= 0.6 is 11.6 Å². The van der Waals surface area contributed by atoms with Crippen molar-refractivity contribution in [3.8, 4) is 0 Å². The molecule has 0 radical (unpaired) electrons. The average molecular weight is 262 g/mol. The summed E-state index contributed by atoms with van der Waals surface area (Å²) < 4.78 is 15.3. The van der Waals surface area contributed by atoms with Crippen LogP contribution in [-0.2, 0) is 6.54 Å². The topological polar surface area (TPSA) is 30.7 Å². The third-order valence-electron chi connectivity index (χ3n) is 2.79. The van der Waals surface area contributed by atoms with Crippen molar-refractivity contribution in [3.63, 3.8) is 0 Å². The van der Waals surface area contributed by atoms with Crippen LogP contribution in [-0.4, -0.2) is 15.0 Å². The van der Waals surface area contributed by atoms with Crippen LogP contribution in [0, 0.1) is 5.82 Å². The molecule has 0 spiro atoms. The minimum Gasteiger partial charge on any atom is -0.240 e. The molecule has 0 fully saturated rings. The Hall–Kier alpha value is -1.94. The Morgan fingerprint density at radius 2 is 1.94 bits per heavy atom. The minimum atomic E-state index is -0.331. The van der Waals surface area contributed by atoms with Gasteiger partial charge in [-0.05, 0) is 24.3 Å². The third kappa shape index (κ3) is 1.84. The van der Waals surface area contributed by atoms with E-state index in [0.717, 1.165) is 11.0 Å². The summed E-state index contributed by atoms with van der Waals surface area (Å²) in [5, 5.41) is 8.43. The second kappa shape index (κ2) is 4.38. The minimum absolute atomic E-state index is 0.270. The lowest BCUT2D eigenvalue weighted by atomic mass is 10.2. The third-order valence-corrected chi connectivity index (χ3v) is 3.14. The van der Waals surface area contributed by atoms with E-state index in [1.165, 1.54) is 6.07 Å². The van der Waals surface area contributed by atoms with E-state index < -0.39 is 0 Å². The van der Waals surface area contributed by atoms with Crippen LogP contribution < -0.4 is 0 Å². The molecule has 5 heteroatoms. The van der Waals surface area contributed by atoms with Gasteiger partial charge in [-0.3, -0.25) is 0 Å². The fourth-order valence-electron chi connectivity index (χ4n) is 1.87. The van der Waals surface area contributed by atoms with Crippen LogP contribution in [0.2, 0.25) is 5.02 Å². The van der Waals surface area contributed by atoms with Crippen molar-refractivity contribution < 1.29 is 4.39 Å². The van der Waals surface area contributed by atoms with Crippen LogP contribution in [0.4, 0.5) is 4.39 Å². The largest absolute Gasteiger partial charge is 0.240 e. The van der Waals surface area contributed by atoms with E-state index in [-0.39, 0.29) is 12.4 Å². The molecular formula is C13H9ClFN3. The Morgan fingerprint density at radius 3 is 2.78 bits per heavy atom. The van der Waals surface area contributed by atoms with Crippen molar-refractivity contribution in [1.29, 1.82) is 0 Å². The van der Waals surface area contributed by atoms with Gasteiger partial charge in [0.05, 0.1) is 12.1 Å². The maximum Gasteiger partial charge on any atom is 0.129 e. The Balaban J connectivity index is 2.07. The monoisotopic (exact) mass is 261 g/mol. The Labute approximate surface area is 108 Å². The lowest BCUT2D eigenvalue weighted by molar-refractivity contribution is 0.583. The number of para-hydroxylation sites is 1. The van der Waals surface area contributed by atoms with Gasteiger partial charge in [-0.15, -0.1) is 5.10 Å². The highest BCUT2D eigenvalue weighted by Gasteiger charge is 2.10. The molecular weight excluding hydrogens is 253 g/mol. The molecule has 0 amide bonds. The van der Waals surface area contributed by atoms with Crippen LogP contribution in [0.15, 0.2) is 42.5 Å². The molecule has 1 aromatic heterocycles. The number of aromatic nitrogens is 3. The first kappa shape index (κ1) is 11.2. The maximum atomic E-state index is 13.7. The van der Waals surface area contributed by atoms with Crippen molar-refractivity contribution in [2.24, 2.45) is 0 Å². The molecule has 0 unspecified atom stereocenters. The summed E-state index contributed by atoms with van der Waals surface area (Å²) in [6.07, 6.45) is 0. The molecule has 90 valence electrons. The van der Waals surface area contributed by atoms with Crippen molar-refractivity contribution in [2.75, 3.05) is 0 Å². The summed E-state index contributed by atoms with van der Waals surface area (Å²) in [6, 6.07) is 12.2. The maximum absolute atomic E-state index is 13.7. The van der Waals surface area contributed by atoms with Crippen molar-refractivity contribution in [3.05, 3.63) is 58.9 Å². The van der Waals surface area contributed by atoms with Crippen LogP contribution in [0.5, 0.6) is 0 Å². The molecule has 0 saturated carbocycles.